The van der Waals surface area contributed by atoms with Gasteiger partial charge in [0.2, 0.25) is 5.88 Å². The number of ether oxygens (including phenoxy) is 2. The second-order valence-electron chi connectivity index (χ2n) is 3.49. The SMILES string of the molecule is COCc1cc(=S)nc(-c2ccc(OC)nn2)[nH]1. The number of H-pyrrole nitrogens is 1. The van der Waals surface area contributed by atoms with Gasteiger partial charge in [-0.15, -0.1) is 10.2 Å². The van der Waals surface area contributed by atoms with Gasteiger partial charge in [0.25, 0.3) is 0 Å². The molecule has 2 heterocycles. The Bertz CT molecular complexity index is 582. The fourth-order valence-electron chi connectivity index (χ4n) is 1.42. The third-order valence-electron chi connectivity index (χ3n) is 2.19. The zero-order chi connectivity index (χ0) is 13.0. The van der Waals surface area contributed by atoms with Gasteiger partial charge in [0, 0.05) is 18.9 Å². The number of hydrogen-bond donors (Lipinski definition) is 1. The van der Waals surface area contributed by atoms with Crippen molar-refractivity contribution >= 4 is 12.2 Å². The fraction of sp³-hybridized carbons (Fsp3) is 0.273. The van der Waals surface area contributed by atoms with E-state index in [2.05, 4.69) is 20.2 Å². The van der Waals surface area contributed by atoms with Crippen molar-refractivity contribution in [3.63, 3.8) is 0 Å². The van der Waals surface area contributed by atoms with Gasteiger partial charge >= 0.3 is 0 Å². The van der Waals surface area contributed by atoms with E-state index in [1.54, 1.807) is 25.3 Å². The topological polar surface area (TPSA) is 72.9 Å². The minimum Gasteiger partial charge on any atom is -0.480 e. The number of nitrogens with one attached hydrogen (secondary N) is 1. The quantitative estimate of drug-likeness (QED) is 0.848. The van der Waals surface area contributed by atoms with E-state index in [1.807, 2.05) is 0 Å². The smallest absolute Gasteiger partial charge is 0.233 e. The van der Waals surface area contributed by atoms with Crippen LogP contribution in [0.5, 0.6) is 5.88 Å². The van der Waals surface area contributed by atoms with Gasteiger partial charge in [0.15, 0.2) is 5.82 Å². The highest BCUT2D eigenvalue weighted by molar-refractivity contribution is 7.71. The van der Waals surface area contributed by atoms with Crippen LogP contribution in [0.1, 0.15) is 5.69 Å². The van der Waals surface area contributed by atoms with Crippen LogP contribution in [0.3, 0.4) is 0 Å². The maximum Gasteiger partial charge on any atom is 0.233 e. The average molecular weight is 264 g/mol. The molecule has 18 heavy (non-hydrogen) atoms. The predicted molar refractivity (Wildman–Crippen MR) is 67.7 cm³/mol. The Morgan fingerprint density at radius 1 is 1.28 bits per heavy atom. The first-order valence-corrected chi connectivity index (χ1v) is 5.61. The van der Waals surface area contributed by atoms with Gasteiger partial charge < -0.3 is 14.5 Å². The molecular formula is C11H12N4O2S. The number of rotatable bonds is 4. The van der Waals surface area contributed by atoms with Gasteiger partial charge in [0.05, 0.1) is 13.7 Å². The molecule has 0 fully saturated rings. The monoisotopic (exact) mass is 264 g/mol. The largest absolute Gasteiger partial charge is 0.480 e. The molecule has 0 bridgehead atoms. The van der Waals surface area contributed by atoms with E-state index in [-0.39, 0.29) is 0 Å². The lowest BCUT2D eigenvalue weighted by Crippen LogP contribution is -2.00. The van der Waals surface area contributed by atoms with Crippen LogP contribution in [0.15, 0.2) is 18.2 Å². The summed E-state index contributed by atoms with van der Waals surface area (Å²) in [5.74, 6) is 1.01. The molecule has 0 amide bonds. The van der Waals surface area contributed by atoms with E-state index >= 15 is 0 Å². The highest BCUT2D eigenvalue weighted by Gasteiger charge is 2.05. The summed E-state index contributed by atoms with van der Waals surface area (Å²) in [5.41, 5.74) is 1.44. The molecule has 2 aromatic heterocycles. The molecule has 0 saturated heterocycles. The van der Waals surface area contributed by atoms with Crippen LogP contribution in [0.25, 0.3) is 11.5 Å². The van der Waals surface area contributed by atoms with E-state index in [0.717, 1.165) is 5.69 Å². The lowest BCUT2D eigenvalue weighted by Gasteiger charge is -2.04. The predicted octanol–water partition coefficient (Wildman–Crippen LogP) is 1.75. The average Bonchev–Trinajstić information content (AvgIpc) is 2.38. The summed E-state index contributed by atoms with van der Waals surface area (Å²) in [7, 11) is 3.15. The van der Waals surface area contributed by atoms with Crippen LogP contribution in [-0.2, 0) is 11.3 Å². The van der Waals surface area contributed by atoms with E-state index < -0.39 is 0 Å². The molecule has 0 aliphatic rings. The molecule has 0 spiro atoms. The minimum absolute atomic E-state index is 0.433. The molecular weight excluding hydrogens is 252 g/mol. The van der Waals surface area contributed by atoms with Crippen LogP contribution in [0, 0.1) is 4.64 Å². The fourth-order valence-corrected chi connectivity index (χ4v) is 1.65. The van der Waals surface area contributed by atoms with E-state index in [0.29, 0.717) is 28.6 Å². The number of methoxy groups -OCH3 is 2. The van der Waals surface area contributed by atoms with Crippen molar-refractivity contribution in [2.24, 2.45) is 0 Å². The molecule has 1 N–H and O–H groups in total. The van der Waals surface area contributed by atoms with E-state index in [4.69, 9.17) is 21.7 Å². The summed E-state index contributed by atoms with van der Waals surface area (Å²) in [4.78, 5) is 7.30. The number of hydrogen-bond acceptors (Lipinski definition) is 6. The van der Waals surface area contributed by atoms with Crippen molar-refractivity contribution < 1.29 is 9.47 Å². The summed E-state index contributed by atoms with van der Waals surface area (Å²) in [6.45, 7) is 0.433. The van der Waals surface area contributed by atoms with Crippen LogP contribution in [-0.4, -0.2) is 34.4 Å². The van der Waals surface area contributed by atoms with Crippen molar-refractivity contribution in [2.75, 3.05) is 14.2 Å². The summed E-state index contributed by atoms with van der Waals surface area (Å²) in [5, 5.41) is 7.89. The zero-order valence-corrected chi connectivity index (χ0v) is 10.8. The van der Waals surface area contributed by atoms with Gasteiger partial charge in [-0.2, -0.15) is 0 Å². The Hall–Kier alpha value is -1.86. The van der Waals surface area contributed by atoms with Crippen molar-refractivity contribution in [2.45, 2.75) is 6.61 Å². The molecule has 0 radical (unpaired) electrons. The molecule has 0 unspecified atom stereocenters. The summed E-state index contributed by atoms with van der Waals surface area (Å²) >= 11 is 5.09. The number of nitrogens with zero attached hydrogens (tertiary/aromatic N) is 3. The van der Waals surface area contributed by atoms with E-state index in [1.165, 1.54) is 7.11 Å². The molecule has 0 aliphatic carbocycles. The standard InChI is InChI=1S/C11H12N4O2S/c1-16-6-7-5-10(18)13-11(12-7)8-3-4-9(17-2)15-14-8/h3-5H,6H2,1-2H3,(H,12,13,18). The van der Waals surface area contributed by atoms with Gasteiger partial charge in [-0.05, 0) is 12.1 Å². The van der Waals surface area contributed by atoms with Crippen LogP contribution < -0.4 is 4.74 Å². The van der Waals surface area contributed by atoms with Crippen molar-refractivity contribution in [3.8, 4) is 17.4 Å². The molecule has 2 aromatic rings. The molecule has 94 valence electrons. The highest BCUT2D eigenvalue weighted by Crippen LogP contribution is 2.14. The first-order chi connectivity index (χ1) is 8.72. The summed E-state index contributed by atoms with van der Waals surface area (Å²) in [6.07, 6.45) is 0. The van der Waals surface area contributed by atoms with Crippen LogP contribution in [0.2, 0.25) is 0 Å². The summed E-state index contributed by atoms with van der Waals surface area (Å²) in [6, 6.07) is 5.22. The Kier molecular flexibility index (Phi) is 3.96. The minimum atomic E-state index is 0.433. The van der Waals surface area contributed by atoms with Crippen molar-refractivity contribution in [1.29, 1.82) is 0 Å². The third kappa shape index (κ3) is 2.88. The molecule has 0 aromatic carbocycles. The van der Waals surface area contributed by atoms with Gasteiger partial charge in [-0.1, -0.05) is 12.2 Å². The van der Waals surface area contributed by atoms with Crippen molar-refractivity contribution in [3.05, 3.63) is 28.5 Å². The maximum absolute atomic E-state index is 5.09. The second kappa shape index (κ2) is 5.65. The molecule has 0 atom stereocenters. The Morgan fingerprint density at radius 3 is 2.72 bits per heavy atom. The lowest BCUT2D eigenvalue weighted by molar-refractivity contribution is 0.181. The number of aromatic nitrogens is 4. The van der Waals surface area contributed by atoms with Crippen LogP contribution >= 0.6 is 12.2 Å². The maximum atomic E-state index is 5.09. The lowest BCUT2D eigenvalue weighted by atomic mass is 10.3. The Balaban J connectivity index is 2.39. The molecule has 7 heteroatoms. The van der Waals surface area contributed by atoms with Gasteiger partial charge in [-0.3, -0.25) is 0 Å². The normalized spacial score (nSPS) is 10.3. The molecule has 0 saturated carbocycles. The van der Waals surface area contributed by atoms with Gasteiger partial charge in [0.1, 0.15) is 10.3 Å². The molecule has 6 nitrogen and oxygen atoms in total. The zero-order valence-electron chi connectivity index (χ0n) is 10.0. The molecule has 2 rings (SSSR count). The third-order valence-corrected chi connectivity index (χ3v) is 2.40. The second-order valence-corrected chi connectivity index (χ2v) is 3.91. The molecule has 0 aliphatic heterocycles. The van der Waals surface area contributed by atoms with Crippen molar-refractivity contribution in [1.82, 2.24) is 20.2 Å². The van der Waals surface area contributed by atoms with Crippen LogP contribution in [0.4, 0.5) is 0 Å². The summed E-state index contributed by atoms with van der Waals surface area (Å²) < 4.78 is 10.5. The first-order valence-electron chi connectivity index (χ1n) is 5.20. The number of aromatic amines is 1. The Morgan fingerprint density at radius 2 is 2.11 bits per heavy atom. The van der Waals surface area contributed by atoms with Gasteiger partial charge in [-0.25, -0.2) is 4.98 Å². The Labute approximate surface area is 109 Å². The highest BCUT2D eigenvalue weighted by atomic mass is 32.1. The van der Waals surface area contributed by atoms with E-state index in [9.17, 15) is 0 Å². The first kappa shape index (κ1) is 12.6.